The van der Waals surface area contributed by atoms with Crippen LogP contribution in [0.5, 0.6) is 0 Å². The van der Waals surface area contributed by atoms with Crippen LogP contribution in [0, 0.1) is 0 Å². The highest BCUT2D eigenvalue weighted by molar-refractivity contribution is 5.88. The summed E-state index contributed by atoms with van der Waals surface area (Å²) in [5.74, 6) is -0.0727. The molecule has 0 spiro atoms. The summed E-state index contributed by atoms with van der Waals surface area (Å²) in [6.45, 7) is 6.01. The third-order valence-corrected chi connectivity index (χ3v) is 3.39. The predicted octanol–water partition coefficient (Wildman–Crippen LogP) is 3.36. The second-order valence-corrected chi connectivity index (χ2v) is 5.08. The molecule has 0 bridgehead atoms. The highest BCUT2D eigenvalue weighted by atomic mass is 16.3. The molecule has 110 valence electrons. The molecule has 3 heteroatoms. The summed E-state index contributed by atoms with van der Waals surface area (Å²) in [6, 6.07) is 9.45. The van der Waals surface area contributed by atoms with Gasteiger partial charge in [-0.2, -0.15) is 0 Å². The fourth-order valence-corrected chi connectivity index (χ4v) is 2.13. The van der Waals surface area contributed by atoms with Gasteiger partial charge in [-0.3, -0.25) is 4.79 Å². The van der Waals surface area contributed by atoms with Crippen LogP contribution in [0.4, 0.5) is 0 Å². The van der Waals surface area contributed by atoms with Crippen molar-refractivity contribution in [2.75, 3.05) is 0 Å². The first-order valence-corrected chi connectivity index (χ1v) is 7.29. The minimum absolute atomic E-state index is 0.0658. The number of hydrogen-bond donors (Lipinski definition) is 2. The molecule has 0 aliphatic heterocycles. The number of nitrogens with one attached hydrogen (secondary N) is 1. The van der Waals surface area contributed by atoms with Crippen molar-refractivity contribution in [3.63, 3.8) is 0 Å². The molecule has 0 aliphatic rings. The zero-order valence-electron chi connectivity index (χ0n) is 12.6. The van der Waals surface area contributed by atoms with Gasteiger partial charge >= 0.3 is 0 Å². The number of aliphatic hydroxyl groups excluding tert-OH is 1. The zero-order chi connectivity index (χ0) is 15.0. The Morgan fingerprint density at radius 3 is 2.40 bits per heavy atom. The van der Waals surface area contributed by atoms with E-state index in [0.29, 0.717) is 6.42 Å². The molecule has 2 atom stereocenters. The maximum atomic E-state index is 11.8. The Kier molecular flexibility index (Phi) is 7.02. The van der Waals surface area contributed by atoms with E-state index in [1.807, 2.05) is 51.1 Å². The number of carbonyl (C=O) groups excluding carboxylic acids is 1. The molecule has 0 aromatic heterocycles. The lowest BCUT2D eigenvalue weighted by Crippen LogP contribution is -2.32. The van der Waals surface area contributed by atoms with Crippen LogP contribution in [0.1, 0.15) is 51.7 Å². The molecular formula is C17H25NO2. The van der Waals surface area contributed by atoms with Gasteiger partial charge in [-0.1, -0.05) is 49.8 Å². The van der Waals surface area contributed by atoms with Gasteiger partial charge in [0.25, 0.3) is 0 Å². The summed E-state index contributed by atoms with van der Waals surface area (Å²) >= 11 is 0. The van der Waals surface area contributed by atoms with Crippen LogP contribution in [-0.4, -0.2) is 17.1 Å². The van der Waals surface area contributed by atoms with Crippen molar-refractivity contribution in [1.29, 1.82) is 0 Å². The SMILES string of the molecule is CCC(=CC(=O)NC(C)CC(O)c1ccccc1)CC. The van der Waals surface area contributed by atoms with E-state index in [1.165, 1.54) is 0 Å². The molecule has 2 unspecified atom stereocenters. The largest absolute Gasteiger partial charge is 0.388 e. The van der Waals surface area contributed by atoms with Crippen LogP contribution < -0.4 is 5.32 Å². The molecule has 0 heterocycles. The van der Waals surface area contributed by atoms with Crippen LogP contribution in [0.25, 0.3) is 0 Å². The summed E-state index contributed by atoms with van der Waals surface area (Å²) in [5, 5.41) is 13.0. The summed E-state index contributed by atoms with van der Waals surface area (Å²) in [7, 11) is 0. The van der Waals surface area contributed by atoms with Gasteiger partial charge in [0.15, 0.2) is 0 Å². The molecule has 0 radical (unpaired) electrons. The molecule has 20 heavy (non-hydrogen) atoms. The van der Waals surface area contributed by atoms with Gasteiger partial charge in [0.05, 0.1) is 6.10 Å². The normalized spacial score (nSPS) is 13.4. The molecule has 3 nitrogen and oxygen atoms in total. The molecular weight excluding hydrogens is 250 g/mol. The molecule has 0 fully saturated rings. The van der Waals surface area contributed by atoms with Crippen LogP contribution in [0.15, 0.2) is 42.0 Å². The van der Waals surface area contributed by atoms with Crippen molar-refractivity contribution in [3.05, 3.63) is 47.5 Å². The first kappa shape index (κ1) is 16.4. The average Bonchev–Trinajstić information content (AvgIpc) is 2.45. The molecule has 1 amide bonds. The van der Waals surface area contributed by atoms with E-state index in [9.17, 15) is 9.90 Å². The monoisotopic (exact) mass is 275 g/mol. The van der Waals surface area contributed by atoms with Gasteiger partial charge in [0, 0.05) is 12.1 Å². The van der Waals surface area contributed by atoms with Gasteiger partial charge in [0.2, 0.25) is 5.91 Å². The van der Waals surface area contributed by atoms with Crippen LogP contribution in [-0.2, 0) is 4.79 Å². The standard InChI is InChI=1S/C17H25NO2/c1-4-14(5-2)12-17(20)18-13(3)11-16(19)15-9-7-6-8-10-15/h6-10,12-13,16,19H,4-5,11H2,1-3H3,(H,18,20). The molecule has 1 aromatic rings. The third kappa shape index (κ3) is 5.57. The van der Waals surface area contributed by atoms with E-state index >= 15 is 0 Å². The number of rotatable bonds is 7. The second kappa shape index (κ2) is 8.54. The Morgan fingerprint density at radius 2 is 1.85 bits per heavy atom. The predicted molar refractivity (Wildman–Crippen MR) is 82.3 cm³/mol. The Bertz CT molecular complexity index is 434. The number of benzene rings is 1. The Morgan fingerprint density at radius 1 is 1.25 bits per heavy atom. The molecule has 1 rings (SSSR count). The Hall–Kier alpha value is -1.61. The Labute approximate surface area is 121 Å². The minimum Gasteiger partial charge on any atom is -0.388 e. The smallest absolute Gasteiger partial charge is 0.244 e. The lowest BCUT2D eigenvalue weighted by Gasteiger charge is -2.17. The molecule has 1 aromatic carbocycles. The van der Waals surface area contributed by atoms with Gasteiger partial charge in [-0.25, -0.2) is 0 Å². The fraction of sp³-hybridized carbons (Fsp3) is 0.471. The van der Waals surface area contributed by atoms with Crippen LogP contribution in [0.3, 0.4) is 0 Å². The van der Waals surface area contributed by atoms with Crippen molar-refractivity contribution in [3.8, 4) is 0 Å². The minimum atomic E-state index is -0.549. The van der Waals surface area contributed by atoms with Crippen molar-refractivity contribution >= 4 is 5.91 Å². The van der Waals surface area contributed by atoms with Gasteiger partial charge in [0.1, 0.15) is 0 Å². The second-order valence-electron chi connectivity index (χ2n) is 5.08. The van der Waals surface area contributed by atoms with Crippen molar-refractivity contribution in [2.24, 2.45) is 0 Å². The summed E-state index contributed by atoms with van der Waals surface area (Å²) in [4.78, 5) is 11.8. The first-order valence-electron chi connectivity index (χ1n) is 7.29. The lowest BCUT2D eigenvalue weighted by atomic mass is 10.0. The van der Waals surface area contributed by atoms with E-state index in [4.69, 9.17) is 0 Å². The third-order valence-electron chi connectivity index (χ3n) is 3.39. The number of aliphatic hydroxyl groups is 1. The number of hydrogen-bond acceptors (Lipinski definition) is 2. The van der Waals surface area contributed by atoms with Crippen LogP contribution in [0.2, 0.25) is 0 Å². The fourth-order valence-electron chi connectivity index (χ4n) is 2.13. The molecule has 0 aliphatic carbocycles. The van der Waals surface area contributed by atoms with Crippen molar-refractivity contribution < 1.29 is 9.90 Å². The van der Waals surface area contributed by atoms with Gasteiger partial charge in [-0.15, -0.1) is 0 Å². The van der Waals surface area contributed by atoms with E-state index < -0.39 is 6.10 Å². The van der Waals surface area contributed by atoms with Crippen molar-refractivity contribution in [1.82, 2.24) is 5.32 Å². The quantitative estimate of drug-likeness (QED) is 0.750. The average molecular weight is 275 g/mol. The van der Waals surface area contributed by atoms with Crippen molar-refractivity contribution in [2.45, 2.75) is 52.2 Å². The lowest BCUT2D eigenvalue weighted by molar-refractivity contribution is -0.117. The number of carbonyl (C=O) groups is 1. The highest BCUT2D eigenvalue weighted by Gasteiger charge is 2.13. The van der Waals surface area contributed by atoms with Gasteiger partial charge in [-0.05, 0) is 31.7 Å². The zero-order valence-corrected chi connectivity index (χ0v) is 12.6. The highest BCUT2D eigenvalue weighted by Crippen LogP contribution is 2.17. The number of amides is 1. The first-order chi connectivity index (χ1) is 9.56. The molecule has 2 N–H and O–H groups in total. The number of allylic oxidation sites excluding steroid dienone is 1. The summed E-state index contributed by atoms with van der Waals surface area (Å²) in [5.41, 5.74) is 2.02. The maximum absolute atomic E-state index is 11.8. The van der Waals surface area contributed by atoms with Gasteiger partial charge < -0.3 is 10.4 Å². The van der Waals surface area contributed by atoms with E-state index in [0.717, 1.165) is 24.0 Å². The summed E-state index contributed by atoms with van der Waals surface area (Å²) in [6.07, 6.45) is 3.42. The van der Waals surface area contributed by atoms with E-state index in [-0.39, 0.29) is 11.9 Å². The molecule has 0 saturated heterocycles. The molecule has 0 saturated carbocycles. The topological polar surface area (TPSA) is 49.3 Å². The Balaban J connectivity index is 2.49. The summed E-state index contributed by atoms with van der Waals surface area (Å²) < 4.78 is 0. The maximum Gasteiger partial charge on any atom is 0.244 e. The van der Waals surface area contributed by atoms with Crippen LogP contribution >= 0.6 is 0 Å². The van der Waals surface area contributed by atoms with E-state index in [1.54, 1.807) is 6.08 Å². The van der Waals surface area contributed by atoms with E-state index in [2.05, 4.69) is 5.32 Å².